The maximum atomic E-state index is 14.4. The van der Waals surface area contributed by atoms with Gasteiger partial charge in [-0.3, -0.25) is 0 Å². The molecule has 1 aromatic heterocycles. The zero-order valence-corrected chi connectivity index (χ0v) is 17.3. The lowest BCUT2D eigenvalue weighted by Gasteiger charge is -2.29. The van der Waals surface area contributed by atoms with Crippen LogP contribution in [0.1, 0.15) is 0 Å². The Kier molecular flexibility index (Phi) is 6.15. The second kappa shape index (κ2) is 8.99. The largest absolute Gasteiger partial charge is 0.378 e. The summed E-state index contributed by atoms with van der Waals surface area (Å²) >= 11 is 5.68. The molecule has 0 bridgehead atoms. The van der Waals surface area contributed by atoms with Gasteiger partial charge >= 0.3 is 0 Å². The summed E-state index contributed by atoms with van der Waals surface area (Å²) in [6.45, 7) is 2.51. The normalized spacial score (nSPS) is 13.9. The molecule has 0 unspecified atom stereocenters. The van der Waals surface area contributed by atoms with Crippen LogP contribution in [0.4, 0.5) is 42.0 Å². The third-order valence-electron chi connectivity index (χ3n) is 4.88. The fourth-order valence-corrected chi connectivity index (χ4v) is 3.43. The Bertz CT molecular complexity index is 1090. The third-order valence-corrected chi connectivity index (χ3v) is 5.22. The predicted molar refractivity (Wildman–Crippen MR) is 114 cm³/mol. The number of hydrogen-bond acceptors (Lipinski definition) is 6. The van der Waals surface area contributed by atoms with Crippen LogP contribution in [0, 0.1) is 17.5 Å². The van der Waals surface area contributed by atoms with Gasteiger partial charge in [-0.25, -0.2) is 18.2 Å². The van der Waals surface area contributed by atoms with Gasteiger partial charge in [0.1, 0.15) is 22.5 Å². The number of ether oxygens (including phenoxy) is 1. The van der Waals surface area contributed by atoms with E-state index in [2.05, 4.69) is 15.3 Å². The number of hydrogen-bond donors (Lipinski definition) is 1. The van der Waals surface area contributed by atoms with Gasteiger partial charge in [0.25, 0.3) is 0 Å². The Morgan fingerprint density at radius 2 is 1.87 bits per heavy atom. The molecule has 4 rings (SSSR count). The highest BCUT2D eigenvalue weighted by Gasteiger charge is 2.17. The highest BCUT2D eigenvalue weighted by Crippen LogP contribution is 2.31. The van der Waals surface area contributed by atoms with Gasteiger partial charge in [-0.15, -0.1) is 0 Å². The minimum atomic E-state index is -0.891. The monoisotopic (exact) mass is 449 g/mol. The maximum absolute atomic E-state index is 14.4. The van der Waals surface area contributed by atoms with E-state index in [9.17, 15) is 13.2 Å². The van der Waals surface area contributed by atoms with Crippen molar-refractivity contribution in [3.05, 3.63) is 65.1 Å². The van der Waals surface area contributed by atoms with E-state index in [-0.39, 0.29) is 11.6 Å². The Morgan fingerprint density at radius 3 is 2.65 bits per heavy atom. The van der Waals surface area contributed by atoms with Crippen LogP contribution >= 0.6 is 11.6 Å². The number of morpholine rings is 1. The van der Waals surface area contributed by atoms with Gasteiger partial charge in [0.05, 0.1) is 18.9 Å². The molecule has 31 heavy (non-hydrogen) atoms. The van der Waals surface area contributed by atoms with Gasteiger partial charge in [-0.2, -0.15) is 4.98 Å². The molecule has 2 heterocycles. The van der Waals surface area contributed by atoms with E-state index in [1.54, 1.807) is 19.2 Å². The first-order chi connectivity index (χ1) is 14.9. The summed E-state index contributed by atoms with van der Waals surface area (Å²) in [4.78, 5) is 12.0. The number of anilines is 5. The highest BCUT2D eigenvalue weighted by molar-refractivity contribution is 6.31. The van der Waals surface area contributed by atoms with Crippen molar-refractivity contribution in [3.63, 3.8) is 0 Å². The summed E-state index contributed by atoms with van der Waals surface area (Å²) in [5.74, 6) is -1.61. The number of aromatic nitrogens is 2. The van der Waals surface area contributed by atoms with Gasteiger partial charge in [0.2, 0.25) is 5.95 Å². The lowest BCUT2D eigenvalue weighted by Crippen LogP contribution is -2.36. The molecular weight excluding hydrogens is 431 g/mol. The SMILES string of the molecule is CN(c1ccnc(Nc2cc(F)cc(N3CCOCC3)c2)n1)c1ccc(F)c(Cl)c1F. The summed E-state index contributed by atoms with van der Waals surface area (Å²) < 4.78 is 47.4. The van der Waals surface area contributed by atoms with Gasteiger partial charge in [-0.1, -0.05) is 11.6 Å². The van der Waals surface area contributed by atoms with Crippen molar-refractivity contribution in [2.24, 2.45) is 0 Å². The minimum Gasteiger partial charge on any atom is -0.378 e. The molecule has 1 saturated heterocycles. The first-order valence-electron chi connectivity index (χ1n) is 9.53. The average Bonchev–Trinajstić information content (AvgIpc) is 2.77. The van der Waals surface area contributed by atoms with Crippen LogP contribution in [-0.2, 0) is 4.74 Å². The van der Waals surface area contributed by atoms with Crippen molar-refractivity contribution in [1.29, 1.82) is 0 Å². The maximum Gasteiger partial charge on any atom is 0.229 e. The lowest BCUT2D eigenvalue weighted by atomic mass is 10.2. The highest BCUT2D eigenvalue weighted by atomic mass is 35.5. The van der Waals surface area contributed by atoms with Crippen molar-refractivity contribution < 1.29 is 17.9 Å². The van der Waals surface area contributed by atoms with Crippen molar-refractivity contribution in [1.82, 2.24) is 9.97 Å². The molecule has 0 aliphatic carbocycles. The number of rotatable bonds is 5. The topological polar surface area (TPSA) is 53.5 Å². The number of nitrogens with one attached hydrogen (secondary N) is 1. The van der Waals surface area contributed by atoms with Crippen LogP contribution in [0.5, 0.6) is 0 Å². The molecule has 162 valence electrons. The Morgan fingerprint density at radius 1 is 1.10 bits per heavy atom. The zero-order chi connectivity index (χ0) is 22.0. The predicted octanol–water partition coefficient (Wildman–Crippen LogP) is 4.90. The molecule has 1 aliphatic heterocycles. The zero-order valence-electron chi connectivity index (χ0n) is 16.6. The third kappa shape index (κ3) is 4.67. The number of nitrogens with zero attached hydrogens (tertiary/aromatic N) is 4. The van der Waals surface area contributed by atoms with Crippen LogP contribution < -0.4 is 15.1 Å². The average molecular weight is 450 g/mol. The van der Waals surface area contributed by atoms with Crippen LogP contribution in [0.15, 0.2) is 42.6 Å². The Balaban J connectivity index is 1.58. The second-order valence-electron chi connectivity index (χ2n) is 6.91. The fourth-order valence-electron chi connectivity index (χ4n) is 3.27. The van der Waals surface area contributed by atoms with E-state index < -0.39 is 22.5 Å². The molecule has 0 amide bonds. The van der Waals surface area contributed by atoms with E-state index in [0.717, 1.165) is 11.8 Å². The van der Waals surface area contributed by atoms with Gasteiger partial charge in [0, 0.05) is 37.7 Å². The molecule has 1 fully saturated rings. The molecule has 0 saturated carbocycles. The summed E-state index contributed by atoms with van der Waals surface area (Å²) in [6.07, 6.45) is 1.48. The summed E-state index contributed by atoms with van der Waals surface area (Å²) in [7, 11) is 1.57. The minimum absolute atomic E-state index is 0.0522. The van der Waals surface area contributed by atoms with E-state index >= 15 is 0 Å². The van der Waals surface area contributed by atoms with Crippen LogP contribution in [-0.4, -0.2) is 43.3 Å². The van der Waals surface area contributed by atoms with Crippen LogP contribution in [0.3, 0.4) is 0 Å². The van der Waals surface area contributed by atoms with E-state index in [4.69, 9.17) is 16.3 Å². The van der Waals surface area contributed by atoms with E-state index in [1.165, 1.54) is 29.3 Å². The van der Waals surface area contributed by atoms with Gasteiger partial charge < -0.3 is 19.9 Å². The quantitative estimate of drug-likeness (QED) is 0.559. The molecule has 0 atom stereocenters. The molecule has 1 N–H and O–H groups in total. The Labute approximate surface area is 182 Å². The molecule has 0 radical (unpaired) electrons. The summed E-state index contributed by atoms with van der Waals surface area (Å²) in [5, 5.41) is 2.39. The van der Waals surface area contributed by atoms with Crippen molar-refractivity contribution in [2.75, 3.05) is 48.5 Å². The van der Waals surface area contributed by atoms with E-state index in [1.807, 2.05) is 4.90 Å². The number of halogens is 4. The smallest absolute Gasteiger partial charge is 0.229 e. The first kappa shape index (κ1) is 21.2. The second-order valence-corrected chi connectivity index (χ2v) is 7.29. The molecule has 6 nitrogen and oxygen atoms in total. The molecule has 0 spiro atoms. The molecule has 3 aromatic rings. The Hall–Kier alpha value is -3.04. The lowest BCUT2D eigenvalue weighted by molar-refractivity contribution is 0.122. The van der Waals surface area contributed by atoms with Crippen molar-refractivity contribution >= 4 is 40.4 Å². The first-order valence-corrected chi connectivity index (χ1v) is 9.91. The van der Waals surface area contributed by atoms with Gasteiger partial charge in [-0.05, 0) is 36.4 Å². The van der Waals surface area contributed by atoms with Crippen LogP contribution in [0.2, 0.25) is 5.02 Å². The summed E-state index contributed by atoms with van der Waals surface area (Å²) in [6, 6.07) is 8.51. The summed E-state index contributed by atoms with van der Waals surface area (Å²) in [5.41, 5.74) is 1.25. The standard InChI is InChI=1S/C21H19ClF3N5O/c1-29(17-3-2-16(24)19(22)20(17)25)18-4-5-26-21(28-18)27-14-10-13(23)11-15(12-14)30-6-8-31-9-7-30/h2-5,10-12H,6-9H2,1H3,(H,26,27,28). The molecule has 1 aliphatic rings. The van der Waals surface area contributed by atoms with Crippen molar-refractivity contribution in [2.45, 2.75) is 0 Å². The number of benzene rings is 2. The van der Waals surface area contributed by atoms with Gasteiger partial charge in [0.15, 0.2) is 5.82 Å². The molecule has 2 aromatic carbocycles. The van der Waals surface area contributed by atoms with Crippen molar-refractivity contribution in [3.8, 4) is 0 Å². The molecule has 10 heteroatoms. The fraction of sp³-hybridized carbons (Fsp3) is 0.238. The van der Waals surface area contributed by atoms with Crippen LogP contribution in [0.25, 0.3) is 0 Å². The molecular formula is C21H19ClF3N5O. The van der Waals surface area contributed by atoms with E-state index in [0.29, 0.717) is 37.8 Å².